The van der Waals surface area contributed by atoms with E-state index in [1.54, 1.807) is 24.1 Å². The number of rotatable bonds is 6. The van der Waals surface area contributed by atoms with Gasteiger partial charge in [-0.15, -0.1) is 0 Å². The van der Waals surface area contributed by atoms with Crippen molar-refractivity contribution >= 4 is 21.8 Å². The summed E-state index contributed by atoms with van der Waals surface area (Å²) in [4.78, 5) is 13.9. The fourth-order valence-corrected chi connectivity index (χ4v) is 1.81. The van der Waals surface area contributed by atoms with Gasteiger partial charge in [-0.2, -0.15) is 0 Å². The van der Waals surface area contributed by atoms with E-state index < -0.39 is 0 Å². The third-order valence-corrected chi connectivity index (χ3v) is 2.65. The average Bonchev–Trinajstić information content (AvgIpc) is 2.69. The largest absolute Gasteiger partial charge is 0.444 e. The van der Waals surface area contributed by atoms with E-state index in [0.29, 0.717) is 36.0 Å². The van der Waals surface area contributed by atoms with Crippen LogP contribution in [0.2, 0.25) is 0 Å². The third-order valence-electron chi connectivity index (χ3n) is 2.22. The molecule has 0 unspecified atom stereocenters. The first-order valence-electron chi connectivity index (χ1n) is 5.58. The molecule has 0 aromatic carbocycles. The Bertz CT molecular complexity index is 362. The Morgan fingerprint density at radius 3 is 2.71 bits per heavy atom. The summed E-state index contributed by atoms with van der Waals surface area (Å²) in [5, 5.41) is 0. The van der Waals surface area contributed by atoms with Gasteiger partial charge in [0.2, 0.25) is 0 Å². The highest BCUT2D eigenvalue weighted by Gasteiger charge is 2.19. The zero-order chi connectivity index (χ0) is 12.8. The van der Waals surface area contributed by atoms with Gasteiger partial charge in [0.05, 0.1) is 6.61 Å². The SMILES string of the molecule is COCCN(CC(C)C)C(=O)c1ccc(Br)o1. The second-order valence-corrected chi connectivity index (χ2v) is 5.02. The van der Waals surface area contributed by atoms with Gasteiger partial charge < -0.3 is 14.1 Å². The predicted octanol–water partition coefficient (Wildman–Crippen LogP) is 2.79. The van der Waals surface area contributed by atoms with E-state index in [1.807, 2.05) is 0 Å². The van der Waals surface area contributed by atoms with Gasteiger partial charge in [-0.05, 0) is 34.0 Å². The molecule has 4 nitrogen and oxygen atoms in total. The van der Waals surface area contributed by atoms with Crippen LogP contribution >= 0.6 is 15.9 Å². The molecule has 0 fully saturated rings. The van der Waals surface area contributed by atoms with Crippen molar-refractivity contribution in [3.8, 4) is 0 Å². The first kappa shape index (κ1) is 14.3. The van der Waals surface area contributed by atoms with E-state index in [4.69, 9.17) is 9.15 Å². The highest BCUT2D eigenvalue weighted by atomic mass is 79.9. The molecule has 1 aromatic heterocycles. The van der Waals surface area contributed by atoms with Crippen LogP contribution in [0.15, 0.2) is 21.2 Å². The molecule has 1 amide bonds. The molecule has 0 atom stereocenters. The Labute approximate surface area is 110 Å². The van der Waals surface area contributed by atoms with E-state index in [-0.39, 0.29) is 5.91 Å². The number of carbonyl (C=O) groups excluding carboxylic acids is 1. The fourth-order valence-electron chi connectivity index (χ4n) is 1.50. The van der Waals surface area contributed by atoms with Crippen molar-refractivity contribution in [2.45, 2.75) is 13.8 Å². The molecule has 1 heterocycles. The van der Waals surface area contributed by atoms with Crippen molar-refractivity contribution in [1.29, 1.82) is 0 Å². The minimum absolute atomic E-state index is 0.0959. The second-order valence-electron chi connectivity index (χ2n) is 4.24. The molecule has 0 aliphatic carbocycles. The Morgan fingerprint density at radius 2 is 2.24 bits per heavy atom. The standard InChI is InChI=1S/C12H18BrNO3/c1-9(2)8-14(6-7-16-3)12(15)10-4-5-11(13)17-10/h4-5,9H,6-8H2,1-3H3. The van der Waals surface area contributed by atoms with Crippen molar-refractivity contribution in [3.05, 3.63) is 22.6 Å². The Morgan fingerprint density at radius 1 is 1.53 bits per heavy atom. The van der Waals surface area contributed by atoms with Gasteiger partial charge in [0.25, 0.3) is 5.91 Å². The minimum Gasteiger partial charge on any atom is -0.444 e. The van der Waals surface area contributed by atoms with Crippen molar-refractivity contribution < 1.29 is 13.9 Å². The second kappa shape index (κ2) is 6.81. The maximum atomic E-state index is 12.2. The van der Waals surface area contributed by atoms with E-state index in [0.717, 1.165) is 0 Å². The van der Waals surface area contributed by atoms with E-state index >= 15 is 0 Å². The highest BCUT2D eigenvalue weighted by Crippen LogP contribution is 2.16. The lowest BCUT2D eigenvalue weighted by Gasteiger charge is -2.23. The van der Waals surface area contributed by atoms with Gasteiger partial charge in [0.1, 0.15) is 0 Å². The normalized spacial score (nSPS) is 10.9. The molecule has 1 rings (SSSR count). The van der Waals surface area contributed by atoms with Crippen molar-refractivity contribution in [2.24, 2.45) is 5.92 Å². The number of carbonyl (C=O) groups is 1. The molecular weight excluding hydrogens is 286 g/mol. The van der Waals surface area contributed by atoms with Crippen LogP contribution in [-0.4, -0.2) is 37.6 Å². The minimum atomic E-state index is -0.0959. The quantitative estimate of drug-likeness (QED) is 0.811. The predicted molar refractivity (Wildman–Crippen MR) is 69.0 cm³/mol. The number of halogens is 1. The molecule has 0 spiro atoms. The first-order valence-corrected chi connectivity index (χ1v) is 6.37. The van der Waals surface area contributed by atoms with Gasteiger partial charge >= 0.3 is 0 Å². The molecule has 96 valence electrons. The Hall–Kier alpha value is -0.810. The lowest BCUT2D eigenvalue weighted by molar-refractivity contribution is 0.0640. The monoisotopic (exact) mass is 303 g/mol. The summed E-state index contributed by atoms with van der Waals surface area (Å²) >= 11 is 3.19. The van der Waals surface area contributed by atoms with Crippen LogP contribution in [0.1, 0.15) is 24.4 Å². The van der Waals surface area contributed by atoms with Gasteiger partial charge in [0, 0.05) is 20.2 Å². The van der Waals surface area contributed by atoms with Crippen LogP contribution in [0.5, 0.6) is 0 Å². The number of furan rings is 1. The van der Waals surface area contributed by atoms with Crippen LogP contribution < -0.4 is 0 Å². The molecule has 0 N–H and O–H groups in total. The highest BCUT2D eigenvalue weighted by molar-refractivity contribution is 9.10. The zero-order valence-electron chi connectivity index (χ0n) is 10.4. The smallest absolute Gasteiger partial charge is 0.289 e. The number of amides is 1. The summed E-state index contributed by atoms with van der Waals surface area (Å²) in [6.07, 6.45) is 0. The van der Waals surface area contributed by atoms with Crippen LogP contribution in [0, 0.1) is 5.92 Å². The topological polar surface area (TPSA) is 42.7 Å². The van der Waals surface area contributed by atoms with E-state index in [1.165, 1.54) is 0 Å². The molecule has 0 radical (unpaired) electrons. The van der Waals surface area contributed by atoms with Gasteiger partial charge in [-0.3, -0.25) is 4.79 Å². The third kappa shape index (κ3) is 4.52. The summed E-state index contributed by atoms with van der Waals surface area (Å²) in [7, 11) is 1.63. The van der Waals surface area contributed by atoms with Crippen molar-refractivity contribution in [1.82, 2.24) is 4.90 Å². The van der Waals surface area contributed by atoms with E-state index in [2.05, 4.69) is 29.8 Å². The molecule has 5 heteroatoms. The lowest BCUT2D eigenvalue weighted by atomic mass is 10.2. The van der Waals surface area contributed by atoms with Crippen LogP contribution in [0.25, 0.3) is 0 Å². The summed E-state index contributed by atoms with van der Waals surface area (Å²) < 4.78 is 10.9. The Balaban J connectivity index is 2.71. The summed E-state index contributed by atoms with van der Waals surface area (Å²) in [6, 6.07) is 3.39. The van der Waals surface area contributed by atoms with Crippen LogP contribution in [0.4, 0.5) is 0 Å². The number of nitrogens with zero attached hydrogens (tertiary/aromatic N) is 1. The van der Waals surface area contributed by atoms with Gasteiger partial charge in [0.15, 0.2) is 10.4 Å². The lowest BCUT2D eigenvalue weighted by Crippen LogP contribution is -2.36. The van der Waals surface area contributed by atoms with Gasteiger partial charge in [-0.1, -0.05) is 13.8 Å². The number of ether oxygens (including phenoxy) is 1. The zero-order valence-corrected chi connectivity index (χ0v) is 12.0. The first-order chi connectivity index (χ1) is 8.04. The molecule has 0 aliphatic rings. The van der Waals surface area contributed by atoms with Crippen molar-refractivity contribution in [3.63, 3.8) is 0 Å². The average molecular weight is 304 g/mol. The Kier molecular flexibility index (Phi) is 5.71. The number of methoxy groups -OCH3 is 1. The number of hydrogen-bond acceptors (Lipinski definition) is 3. The molecule has 1 aromatic rings. The molecular formula is C12H18BrNO3. The molecule has 0 bridgehead atoms. The fraction of sp³-hybridized carbons (Fsp3) is 0.583. The molecule has 17 heavy (non-hydrogen) atoms. The van der Waals surface area contributed by atoms with Gasteiger partial charge in [-0.25, -0.2) is 0 Å². The maximum absolute atomic E-state index is 12.2. The van der Waals surface area contributed by atoms with Crippen LogP contribution in [-0.2, 0) is 4.74 Å². The number of hydrogen-bond donors (Lipinski definition) is 0. The summed E-state index contributed by atoms with van der Waals surface area (Å²) in [6.45, 7) is 5.95. The molecule has 0 saturated carbocycles. The summed E-state index contributed by atoms with van der Waals surface area (Å²) in [5.74, 6) is 0.671. The van der Waals surface area contributed by atoms with Crippen LogP contribution in [0.3, 0.4) is 0 Å². The summed E-state index contributed by atoms with van der Waals surface area (Å²) in [5.41, 5.74) is 0. The molecule has 0 saturated heterocycles. The maximum Gasteiger partial charge on any atom is 0.289 e. The van der Waals surface area contributed by atoms with E-state index in [9.17, 15) is 4.79 Å². The van der Waals surface area contributed by atoms with Crippen molar-refractivity contribution in [2.75, 3.05) is 26.8 Å². The molecule has 0 aliphatic heterocycles.